The summed E-state index contributed by atoms with van der Waals surface area (Å²) in [4.78, 5) is 0. The number of hydrogen-bond acceptors (Lipinski definition) is 2. The number of anilines is 1. The third-order valence-electron chi connectivity index (χ3n) is 1.36. The molecule has 0 heterocycles. The Labute approximate surface area is 86.6 Å². The van der Waals surface area contributed by atoms with Gasteiger partial charge in [-0.2, -0.15) is 0 Å². The van der Waals surface area contributed by atoms with Crippen molar-refractivity contribution in [2.24, 2.45) is 0 Å². The number of benzene rings is 1. The van der Waals surface area contributed by atoms with Gasteiger partial charge in [0.15, 0.2) is 0 Å². The van der Waals surface area contributed by atoms with Crippen LogP contribution in [0.25, 0.3) is 0 Å². The Bertz CT molecular complexity index is 357. The van der Waals surface area contributed by atoms with Crippen molar-refractivity contribution < 1.29 is 4.74 Å². The summed E-state index contributed by atoms with van der Waals surface area (Å²) in [6.07, 6.45) is 5.02. The summed E-state index contributed by atoms with van der Waals surface area (Å²) >= 11 is 11.5. The highest BCUT2D eigenvalue weighted by molar-refractivity contribution is 6.42. The van der Waals surface area contributed by atoms with Crippen LogP contribution < -0.4 is 10.5 Å². The van der Waals surface area contributed by atoms with Crippen molar-refractivity contribution in [1.82, 2.24) is 0 Å². The van der Waals surface area contributed by atoms with Gasteiger partial charge in [0.1, 0.15) is 12.4 Å². The predicted molar refractivity (Wildman–Crippen MR) is 55.2 cm³/mol. The fraction of sp³-hybridized carbons (Fsp3) is 0.111. The first-order valence-electron chi connectivity index (χ1n) is 3.46. The second-order valence-corrected chi connectivity index (χ2v) is 3.11. The summed E-state index contributed by atoms with van der Waals surface area (Å²) < 4.78 is 5.12. The molecule has 0 aliphatic carbocycles. The molecule has 0 spiro atoms. The minimum absolute atomic E-state index is 0.155. The van der Waals surface area contributed by atoms with Crippen molar-refractivity contribution in [2.45, 2.75) is 0 Å². The highest BCUT2D eigenvalue weighted by Gasteiger charge is 2.05. The Hall–Kier alpha value is -1.04. The van der Waals surface area contributed by atoms with Crippen LogP contribution in [0.3, 0.4) is 0 Å². The van der Waals surface area contributed by atoms with Gasteiger partial charge in [0.2, 0.25) is 0 Å². The lowest BCUT2D eigenvalue weighted by molar-refractivity contribution is 0.372. The zero-order valence-electron chi connectivity index (χ0n) is 6.68. The molecule has 0 fully saturated rings. The van der Waals surface area contributed by atoms with Gasteiger partial charge < -0.3 is 10.5 Å². The van der Waals surface area contributed by atoms with E-state index in [0.717, 1.165) is 0 Å². The van der Waals surface area contributed by atoms with E-state index >= 15 is 0 Å². The number of nitrogens with two attached hydrogens (primary N) is 1. The van der Waals surface area contributed by atoms with E-state index in [4.69, 9.17) is 40.1 Å². The molecule has 13 heavy (non-hydrogen) atoms. The lowest BCUT2D eigenvalue weighted by atomic mass is 10.3. The molecular formula is C9H7Cl2NO. The summed E-state index contributed by atoms with van der Waals surface area (Å²) in [6, 6.07) is 3.06. The first-order valence-corrected chi connectivity index (χ1v) is 4.21. The fourth-order valence-electron chi connectivity index (χ4n) is 0.788. The maximum atomic E-state index is 5.75. The van der Waals surface area contributed by atoms with E-state index in [-0.39, 0.29) is 6.61 Å². The van der Waals surface area contributed by atoms with Crippen molar-refractivity contribution in [2.75, 3.05) is 12.3 Å². The Morgan fingerprint density at radius 3 is 2.62 bits per heavy atom. The summed E-state index contributed by atoms with van der Waals surface area (Å²) in [5, 5.41) is 0.787. The van der Waals surface area contributed by atoms with Gasteiger partial charge in [0, 0.05) is 6.07 Å². The van der Waals surface area contributed by atoms with E-state index in [0.29, 0.717) is 21.5 Å². The molecule has 0 saturated heterocycles. The molecule has 0 atom stereocenters. The van der Waals surface area contributed by atoms with Crippen LogP contribution in [0.1, 0.15) is 0 Å². The second kappa shape index (κ2) is 4.27. The van der Waals surface area contributed by atoms with Crippen LogP contribution in [0.2, 0.25) is 10.0 Å². The van der Waals surface area contributed by atoms with Gasteiger partial charge in [-0.1, -0.05) is 29.1 Å². The summed E-state index contributed by atoms with van der Waals surface area (Å²) in [6.45, 7) is 0.155. The number of terminal acetylenes is 1. The van der Waals surface area contributed by atoms with Gasteiger partial charge in [-0.3, -0.25) is 0 Å². The van der Waals surface area contributed by atoms with E-state index in [1.165, 1.54) is 12.1 Å². The molecule has 2 nitrogen and oxygen atoms in total. The van der Waals surface area contributed by atoms with Crippen LogP contribution in [0, 0.1) is 12.3 Å². The molecule has 1 rings (SSSR count). The Morgan fingerprint density at radius 2 is 2.00 bits per heavy atom. The summed E-state index contributed by atoms with van der Waals surface area (Å²) in [5.74, 6) is 2.77. The van der Waals surface area contributed by atoms with Gasteiger partial charge in [0.25, 0.3) is 0 Å². The molecule has 68 valence electrons. The maximum Gasteiger partial charge on any atom is 0.148 e. The Kier molecular flexibility index (Phi) is 3.30. The maximum absolute atomic E-state index is 5.75. The number of ether oxygens (including phenoxy) is 1. The van der Waals surface area contributed by atoms with E-state index in [2.05, 4.69) is 5.92 Å². The lowest BCUT2D eigenvalue weighted by Gasteiger charge is -2.07. The van der Waals surface area contributed by atoms with Crippen molar-refractivity contribution in [3.05, 3.63) is 22.2 Å². The zero-order valence-corrected chi connectivity index (χ0v) is 8.19. The van der Waals surface area contributed by atoms with E-state index in [9.17, 15) is 0 Å². The molecule has 0 amide bonds. The van der Waals surface area contributed by atoms with E-state index in [1.807, 2.05) is 0 Å². The smallest absolute Gasteiger partial charge is 0.148 e. The quantitative estimate of drug-likeness (QED) is 0.609. The van der Waals surface area contributed by atoms with Crippen LogP contribution in [0.5, 0.6) is 5.75 Å². The van der Waals surface area contributed by atoms with E-state index < -0.39 is 0 Å². The molecular weight excluding hydrogens is 209 g/mol. The number of halogens is 2. The monoisotopic (exact) mass is 215 g/mol. The van der Waals surface area contributed by atoms with Crippen LogP contribution in [-0.4, -0.2) is 6.61 Å². The van der Waals surface area contributed by atoms with Crippen LogP contribution >= 0.6 is 23.2 Å². The fourth-order valence-corrected chi connectivity index (χ4v) is 1.11. The average Bonchev–Trinajstić information content (AvgIpc) is 2.09. The molecule has 0 unspecified atom stereocenters. The Morgan fingerprint density at radius 1 is 1.38 bits per heavy atom. The van der Waals surface area contributed by atoms with Gasteiger partial charge in [-0.15, -0.1) is 6.42 Å². The van der Waals surface area contributed by atoms with Gasteiger partial charge in [-0.25, -0.2) is 0 Å². The number of rotatable bonds is 2. The molecule has 0 saturated carbocycles. The normalized spacial score (nSPS) is 9.31. The molecule has 1 aromatic carbocycles. The average molecular weight is 216 g/mol. The topological polar surface area (TPSA) is 35.2 Å². The standard InChI is InChI=1S/C9H7Cl2NO/c1-2-3-13-9-5-7(11)6(10)4-8(9)12/h1,4-5H,3,12H2. The third kappa shape index (κ3) is 2.45. The highest BCUT2D eigenvalue weighted by atomic mass is 35.5. The van der Waals surface area contributed by atoms with Crippen LogP contribution in [-0.2, 0) is 0 Å². The number of hydrogen-bond donors (Lipinski definition) is 1. The highest BCUT2D eigenvalue weighted by Crippen LogP contribution is 2.32. The zero-order chi connectivity index (χ0) is 9.84. The van der Waals surface area contributed by atoms with Crippen molar-refractivity contribution in [1.29, 1.82) is 0 Å². The largest absolute Gasteiger partial charge is 0.479 e. The number of nitrogen functional groups attached to an aromatic ring is 1. The van der Waals surface area contributed by atoms with Crippen molar-refractivity contribution in [3.63, 3.8) is 0 Å². The van der Waals surface area contributed by atoms with E-state index in [1.54, 1.807) is 0 Å². The SMILES string of the molecule is C#CCOc1cc(Cl)c(Cl)cc1N. The molecule has 4 heteroatoms. The third-order valence-corrected chi connectivity index (χ3v) is 2.09. The summed E-state index contributed by atoms with van der Waals surface area (Å²) in [5.41, 5.74) is 6.02. The first kappa shape index (κ1) is 10.0. The van der Waals surface area contributed by atoms with Crippen LogP contribution in [0.15, 0.2) is 12.1 Å². The van der Waals surface area contributed by atoms with Gasteiger partial charge in [0.05, 0.1) is 15.7 Å². The molecule has 0 radical (unpaired) electrons. The molecule has 0 bridgehead atoms. The molecule has 0 aromatic heterocycles. The predicted octanol–water partition coefficient (Wildman–Crippen LogP) is 2.59. The Balaban J connectivity index is 2.96. The van der Waals surface area contributed by atoms with Crippen molar-refractivity contribution >= 4 is 28.9 Å². The molecule has 2 N–H and O–H groups in total. The minimum Gasteiger partial charge on any atom is -0.479 e. The minimum atomic E-state index is 0.155. The summed E-state index contributed by atoms with van der Waals surface area (Å²) in [7, 11) is 0. The van der Waals surface area contributed by atoms with Crippen LogP contribution in [0.4, 0.5) is 5.69 Å². The van der Waals surface area contributed by atoms with Gasteiger partial charge in [-0.05, 0) is 6.07 Å². The van der Waals surface area contributed by atoms with Gasteiger partial charge >= 0.3 is 0 Å². The molecule has 1 aromatic rings. The molecule has 0 aliphatic heterocycles. The first-order chi connectivity index (χ1) is 6.15. The lowest BCUT2D eigenvalue weighted by Crippen LogP contribution is -1.97. The second-order valence-electron chi connectivity index (χ2n) is 2.30. The molecule has 0 aliphatic rings. The van der Waals surface area contributed by atoms with Crippen molar-refractivity contribution in [3.8, 4) is 18.1 Å².